The SMILES string of the molecule is COCC(=O)NCCCc1nc2ccccc2n1C/C=C/c1ccccc1. The Bertz CT molecular complexity index is 900. The van der Waals surface area contributed by atoms with Gasteiger partial charge in [0.25, 0.3) is 0 Å². The van der Waals surface area contributed by atoms with Crippen molar-refractivity contribution in [2.75, 3.05) is 20.3 Å². The number of hydrogen-bond acceptors (Lipinski definition) is 3. The predicted molar refractivity (Wildman–Crippen MR) is 108 cm³/mol. The van der Waals surface area contributed by atoms with Crippen LogP contribution in [0.15, 0.2) is 60.7 Å². The molecule has 0 aliphatic heterocycles. The van der Waals surface area contributed by atoms with Gasteiger partial charge in [0, 0.05) is 26.6 Å². The van der Waals surface area contributed by atoms with Gasteiger partial charge in [-0.05, 0) is 24.1 Å². The Hall–Kier alpha value is -2.92. The molecule has 0 unspecified atom stereocenters. The second-order valence-electron chi connectivity index (χ2n) is 6.33. The van der Waals surface area contributed by atoms with Gasteiger partial charge < -0.3 is 14.6 Å². The average molecular weight is 363 g/mol. The lowest BCUT2D eigenvalue weighted by Gasteiger charge is -2.08. The van der Waals surface area contributed by atoms with Crippen LogP contribution in [0.5, 0.6) is 0 Å². The number of benzene rings is 2. The molecule has 0 radical (unpaired) electrons. The van der Waals surface area contributed by atoms with Crippen LogP contribution in [0.25, 0.3) is 17.1 Å². The standard InChI is InChI=1S/C22H25N3O2/c1-27-17-22(26)23-15-7-14-21-24-19-12-5-6-13-20(19)25(21)16-8-11-18-9-3-2-4-10-18/h2-6,8-13H,7,14-17H2,1H3,(H,23,26)/b11-8+. The molecule has 0 aliphatic rings. The maximum absolute atomic E-state index is 11.5. The van der Waals surface area contributed by atoms with Crippen molar-refractivity contribution >= 4 is 23.0 Å². The number of fused-ring (bicyclic) bond motifs is 1. The molecular weight excluding hydrogens is 338 g/mol. The monoisotopic (exact) mass is 363 g/mol. The third kappa shape index (κ3) is 5.28. The molecule has 0 spiro atoms. The highest BCUT2D eigenvalue weighted by molar-refractivity contribution is 5.77. The van der Waals surface area contributed by atoms with Gasteiger partial charge in [-0.2, -0.15) is 0 Å². The van der Waals surface area contributed by atoms with Crippen LogP contribution in [-0.4, -0.2) is 35.7 Å². The first-order chi connectivity index (χ1) is 13.3. The van der Waals surface area contributed by atoms with E-state index in [9.17, 15) is 4.79 Å². The first-order valence-electron chi connectivity index (χ1n) is 9.19. The summed E-state index contributed by atoms with van der Waals surface area (Å²) in [4.78, 5) is 16.3. The zero-order chi connectivity index (χ0) is 18.9. The summed E-state index contributed by atoms with van der Waals surface area (Å²) in [6.45, 7) is 1.48. The van der Waals surface area contributed by atoms with E-state index in [0.29, 0.717) is 6.54 Å². The van der Waals surface area contributed by atoms with Crippen molar-refractivity contribution in [3.63, 3.8) is 0 Å². The zero-order valence-electron chi connectivity index (χ0n) is 15.6. The highest BCUT2D eigenvalue weighted by Gasteiger charge is 2.09. The first kappa shape index (κ1) is 18.9. The number of nitrogens with one attached hydrogen (secondary N) is 1. The molecule has 140 valence electrons. The van der Waals surface area contributed by atoms with Crippen molar-refractivity contribution in [3.8, 4) is 0 Å². The number of rotatable bonds is 9. The summed E-state index contributed by atoms with van der Waals surface area (Å²) >= 11 is 0. The average Bonchev–Trinajstić information content (AvgIpc) is 3.04. The summed E-state index contributed by atoms with van der Waals surface area (Å²) in [5, 5.41) is 2.86. The van der Waals surface area contributed by atoms with Crippen LogP contribution in [0.1, 0.15) is 17.8 Å². The van der Waals surface area contributed by atoms with Crippen molar-refractivity contribution < 1.29 is 9.53 Å². The van der Waals surface area contributed by atoms with Gasteiger partial charge in [-0.15, -0.1) is 0 Å². The first-order valence-corrected chi connectivity index (χ1v) is 9.19. The minimum absolute atomic E-state index is 0.0863. The van der Waals surface area contributed by atoms with Crippen LogP contribution in [0, 0.1) is 0 Å². The van der Waals surface area contributed by atoms with Gasteiger partial charge in [0.2, 0.25) is 5.91 Å². The fourth-order valence-corrected chi connectivity index (χ4v) is 3.03. The molecular formula is C22H25N3O2. The number of para-hydroxylation sites is 2. The number of imidazole rings is 1. The summed E-state index contributed by atoms with van der Waals surface area (Å²) < 4.78 is 7.06. The minimum Gasteiger partial charge on any atom is -0.375 e. The van der Waals surface area contributed by atoms with Crippen molar-refractivity contribution in [2.24, 2.45) is 0 Å². The molecule has 1 amide bonds. The highest BCUT2D eigenvalue weighted by Crippen LogP contribution is 2.17. The number of amides is 1. The van der Waals surface area contributed by atoms with E-state index in [2.05, 4.69) is 40.2 Å². The number of allylic oxidation sites excluding steroid dienone is 1. The van der Waals surface area contributed by atoms with E-state index in [0.717, 1.165) is 36.2 Å². The Morgan fingerprint density at radius 3 is 2.74 bits per heavy atom. The molecule has 0 fully saturated rings. The molecule has 1 heterocycles. The Kier molecular flexibility index (Phi) is 6.77. The number of carbonyl (C=O) groups is 1. The predicted octanol–water partition coefficient (Wildman–Crippen LogP) is 3.44. The van der Waals surface area contributed by atoms with Crippen LogP contribution in [0.4, 0.5) is 0 Å². The van der Waals surface area contributed by atoms with E-state index in [1.54, 1.807) is 0 Å². The fraction of sp³-hybridized carbons (Fsp3) is 0.273. The number of carbonyl (C=O) groups excluding carboxylic acids is 1. The van der Waals surface area contributed by atoms with E-state index in [-0.39, 0.29) is 12.5 Å². The van der Waals surface area contributed by atoms with Crippen LogP contribution in [-0.2, 0) is 22.5 Å². The molecule has 5 heteroatoms. The number of hydrogen-bond donors (Lipinski definition) is 1. The summed E-state index contributed by atoms with van der Waals surface area (Å²) in [5.74, 6) is 0.951. The highest BCUT2D eigenvalue weighted by atomic mass is 16.5. The fourth-order valence-electron chi connectivity index (χ4n) is 3.03. The molecule has 1 N–H and O–H groups in total. The number of methoxy groups -OCH3 is 1. The molecule has 0 atom stereocenters. The normalized spacial score (nSPS) is 11.3. The lowest BCUT2D eigenvalue weighted by Crippen LogP contribution is -2.28. The topological polar surface area (TPSA) is 56.1 Å². The van der Waals surface area contributed by atoms with Gasteiger partial charge in [0.15, 0.2) is 0 Å². The molecule has 0 saturated heterocycles. The maximum atomic E-state index is 11.5. The molecule has 2 aromatic carbocycles. The van der Waals surface area contributed by atoms with E-state index >= 15 is 0 Å². The Balaban J connectivity index is 1.68. The van der Waals surface area contributed by atoms with Gasteiger partial charge in [0.05, 0.1) is 11.0 Å². The third-order valence-electron chi connectivity index (χ3n) is 4.31. The summed E-state index contributed by atoms with van der Waals surface area (Å²) in [5.41, 5.74) is 3.32. The van der Waals surface area contributed by atoms with Crippen molar-refractivity contribution in [1.82, 2.24) is 14.9 Å². The summed E-state index contributed by atoms with van der Waals surface area (Å²) in [7, 11) is 1.52. The van der Waals surface area contributed by atoms with E-state index in [4.69, 9.17) is 9.72 Å². The molecule has 0 saturated carbocycles. The minimum atomic E-state index is -0.0863. The smallest absolute Gasteiger partial charge is 0.245 e. The van der Waals surface area contributed by atoms with Crippen molar-refractivity contribution in [2.45, 2.75) is 19.4 Å². The van der Waals surface area contributed by atoms with Crippen LogP contribution in [0.3, 0.4) is 0 Å². The van der Waals surface area contributed by atoms with E-state index < -0.39 is 0 Å². The summed E-state index contributed by atoms with van der Waals surface area (Å²) in [6, 6.07) is 18.5. The second kappa shape index (κ2) is 9.69. The van der Waals surface area contributed by atoms with Crippen LogP contribution < -0.4 is 5.32 Å². The quantitative estimate of drug-likeness (QED) is 0.593. The van der Waals surface area contributed by atoms with E-state index in [1.807, 2.05) is 36.4 Å². The van der Waals surface area contributed by atoms with Gasteiger partial charge in [-0.25, -0.2) is 4.98 Å². The van der Waals surface area contributed by atoms with Gasteiger partial charge in [-0.1, -0.05) is 54.6 Å². The molecule has 1 aromatic heterocycles. The Morgan fingerprint density at radius 2 is 1.93 bits per heavy atom. The number of nitrogens with zero attached hydrogens (tertiary/aromatic N) is 2. The van der Waals surface area contributed by atoms with Crippen molar-refractivity contribution in [1.29, 1.82) is 0 Å². The number of aryl methyl sites for hydroxylation is 1. The van der Waals surface area contributed by atoms with Gasteiger partial charge >= 0.3 is 0 Å². The van der Waals surface area contributed by atoms with Gasteiger partial charge in [-0.3, -0.25) is 4.79 Å². The summed E-state index contributed by atoms with van der Waals surface area (Å²) in [6.07, 6.45) is 5.93. The molecule has 0 bridgehead atoms. The molecule has 0 aliphatic carbocycles. The zero-order valence-corrected chi connectivity index (χ0v) is 15.6. The van der Waals surface area contributed by atoms with Crippen LogP contribution in [0.2, 0.25) is 0 Å². The van der Waals surface area contributed by atoms with Gasteiger partial charge in [0.1, 0.15) is 12.4 Å². The third-order valence-corrected chi connectivity index (χ3v) is 4.31. The molecule has 5 nitrogen and oxygen atoms in total. The molecule has 3 aromatic rings. The Morgan fingerprint density at radius 1 is 1.15 bits per heavy atom. The number of aromatic nitrogens is 2. The van der Waals surface area contributed by atoms with Crippen molar-refractivity contribution in [3.05, 3.63) is 72.1 Å². The Labute approximate surface area is 159 Å². The van der Waals surface area contributed by atoms with E-state index in [1.165, 1.54) is 12.7 Å². The molecule has 3 rings (SSSR count). The molecule has 27 heavy (non-hydrogen) atoms. The lowest BCUT2D eigenvalue weighted by atomic mass is 10.2. The largest absolute Gasteiger partial charge is 0.375 e. The maximum Gasteiger partial charge on any atom is 0.245 e. The van der Waals surface area contributed by atoms with Crippen LogP contribution >= 0.6 is 0 Å². The number of ether oxygens (including phenoxy) is 1. The second-order valence-corrected chi connectivity index (χ2v) is 6.33. The lowest BCUT2D eigenvalue weighted by molar-refractivity contribution is -0.124.